The molecule has 1 aromatic carbocycles. The molecule has 0 radical (unpaired) electrons. The number of aromatic carboxylic acids is 1. The summed E-state index contributed by atoms with van der Waals surface area (Å²) in [7, 11) is 2.92. The van der Waals surface area contributed by atoms with Gasteiger partial charge in [-0.3, -0.25) is 9.59 Å². The van der Waals surface area contributed by atoms with Gasteiger partial charge in [-0.15, -0.1) is 0 Å². The predicted octanol–water partition coefficient (Wildman–Crippen LogP) is 0.772. The number of hydrogen-bond acceptors (Lipinski definition) is 4. The largest absolute Gasteiger partial charge is 0.476 e. The van der Waals surface area contributed by atoms with Gasteiger partial charge in [0.2, 0.25) is 0 Å². The maximum Gasteiger partial charge on any atom is 0.356 e. The number of hydrogen-bond donors (Lipinski definition) is 1. The van der Waals surface area contributed by atoms with E-state index in [9.17, 15) is 18.8 Å². The van der Waals surface area contributed by atoms with Crippen LogP contribution in [0.3, 0.4) is 0 Å². The minimum Gasteiger partial charge on any atom is -0.476 e. The highest BCUT2D eigenvalue weighted by Gasteiger charge is 2.19. The number of benzene rings is 1. The van der Waals surface area contributed by atoms with Crippen molar-refractivity contribution < 1.29 is 19.1 Å². The number of carbonyl (C=O) groups excluding carboxylic acids is 1. The number of carbonyl (C=O) groups is 2. The minimum absolute atomic E-state index is 0.239. The second kappa shape index (κ2) is 5.76. The van der Waals surface area contributed by atoms with Gasteiger partial charge in [-0.2, -0.15) is 9.78 Å². The number of carboxylic acids is 1. The first-order valence-electron chi connectivity index (χ1n) is 6.17. The fraction of sp³-hybridized carbons (Fsp3) is 0.143. The van der Waals surface area contributed by atoms with E-state index in [1.54, 1.807) is 0 Å². The van der Waals surface area contributed by atoms with Crippen LogP contribution in [0, 0.1) is 5.82 Å². The Balaban J connectivity index is 2.66. The maximum atomic E-state index is 14.5. The van der Waals surface area contributed by atoms with Crippen LogP contribution in [0.25, 0.3) is 5.69 Å². The highest BCUT2D eigenvalue weighted by atomic mass is 19.1. The van der Waals surface area contributed by atoms with E-state index in [2.05, 4.69) is 5.10 Å². The van der Waals surface area contributed by atoms with Gasteiger partial charge in [0, 0.05) is 20.2 Å². The van der Waals surface area contributed by atoms with Crippen LogP contribution in [0.4, 0.5) is 4.39 Å². The van der Waals surface area contributed by atoms with Crippen LogP contribution in [0.5, 0.6) is 0 Å². The zero-order valence-corrected chi connectivity index (χ0v) is 11.8. The lowest BCUT2D eigenvalue weighted by Crippen LogP contribution is -2.26. The fourth-order valence-corrected chi connectivity index (χ4v) is 1.79. The molecule has 2 aromatic rings. The van der Waals surface area contributed by atoms with Gasteiger partial charge in [0.15, 0.2) is 11.5 Å². The summed E-state index contributed by atoms with van der Waals surface area (Å²) in [5.74, 6) is -2.88. The molecule has 8 heteroatoms. The van der Waals surface area contributed by atoms with E-state index in [-0.39, 0.29) is 11.3 Å². The lowest BCUT2D eigenvalue weighted by Gasteiger charge is -2.13. The van der Waals surface area contributed by atoms with Crippen molar-refractivity contribution in [3.05, 3.63) is 57.8 Å². The van der Waals surface area contributed by atoms with Gasteiger partial charge in [0.25, 0.3) is 11.5 Å². The van der Waals surface area contributed by atoms with Gasteiger partial charge in [0.05, 0.1) is 5.56 Å². The highest BCUT2D eigenvalue weighted by Crippen LogP contribution is 2.16. The zero-order chi connectivity index (χ0) is 16.4. The zero-order valence-electron chi connectivity index (χ0n) is 11.8. The summed E-state index contributed by atoms with van der Waals surface area (Å²) in [5, 5.41) is 12.5. The summed E-state index contributed by atoms with van der Waals surface area (Å²) in [6.07, 6.45) is 0. The molecule has 0 spiro atoms. The van der Waals surface area contributed by atoms with E-state index in [0.717, 1.165) is 12.1 Å². The van der Waals surface area contributed by atoms with Gasteiger partial charge < -0.3 is 10.0 Å². The molecule has 0 bridgehead atoms. The first-order chi connectivity index (χ1) is 10.3. The summed E-state index contributed by atoms with van der Waals surface area (Å²) in [6.45, 7) is 0. The Hall–Kier alpha value is -3.03. The van der Waals surface area contributed by atoms with Gasteiger partial charge in [-0.05, 0) is 18.2 Å². The maximum absolute atomic E-state index is 14.5. The van der Waals surface area contributed by atoms with Crippen molar-refractivity contribution >= 4 is 11.9 Å². The molecule has 1 N–H and O–H groups in total. The summed E-state index contributed by atoms with van der Waals surface area (Å²) >= 11 is 0. The average Bonchev–Trinajstić information content (AvgIpc) is 2.47. The number of carboxylic acid groups (broad SMARTS) is 1. The molecular formula is C14H12FN3O4. The molecule has 2 rings (SSSR count). The van der Waals surface area contributed by atoms with Crippen LogP contribution < -0.4 is 5.56 Å². The third-order valence-electron chi connectivity index (χ3n) is 2.86. The van der Waals surface area contributed by atoms with Crippen molar-refractivity contribution in [2.75, 3.05) is 14.1 Å². The number of amides is 1. The quantitative estimate of drug-likeness (QED) is 0.904. The lowest BCUT2D eigenvalue weighted by atomic mass is 10.1. The van der Waals surface area contributed by atoms with Crippen LogP contribution in [-0.4, -0.2) is 45.8 Å². The second-order valence-corrected chi connectivity index (χ2v) is 4.61. The topological polar surface area (TPSA) is 92.5 Å². The number of nitrogens with zero attached hydrogens (tertiary/aromatic N) is 3. The molecule has 1 amide bonds. The molecule has 1 aromatic heterocycles. The molecule has 0 saturated heterocycles. The third-order valence-corrected chi connectivity index (χ3v) is 2.86. The molecule has 7 nitrogen and oxygen atoms in total. The Morgan fingerprint density at radius 1 is 1.23 bits per heavy atom. The minimum atomic E-state index is -1.35. The fourth-order valence-electron chi connectivity index (χ4n) is 1.79. The molecule has 0 atom stereocenters. The first-order valence-corrected chi connectivity index (χ1v) is 6.17. The van der Waals surface area contributed by atoms with E-state index in [1.165, 1.54) is 37.2 Å². The molecule has 0 saturated carbocycles. The molecule has 1 heterocycles. The van der Waals surface area contributed by atoms with Crippen molar-refractivity contribution in [3.63, 3.8) is 0 Å². The van der Waals surface area contributed by atoms with Crippen molar-refractivity contribution in [2.45, 2.75) is 0 Å². The molecule has 0 fully saturated rings. The SMILES string of the molecule is CN(C)C(=O)c1cccc(-n2nc(C(=O)O)ccc2=O)c1F. The average molecular weight is 305 g/mol. The molecule has 0 aliphatic rings. The van der Waals surface area contributed by atoms with Crippen molar-refractivity contribution in [3.8, 4) is 5.69 Å². The molecule has 0 aliphatic carbocycles. The van der Waals surface area contributed by atoms with Crippen molar-refractivity contribution in [1.29, 1.82) is 0 Å². The van der Waals surface area contributed by atoms with E-state index < -0.39 is 28.9 Å². The molecule has 22 heavy (non-hydrogen) atoms. The lowest BCUT2D eigenvalue weighted by molar-refractivity contribution is 0.0687. The monoisotopic (exact) mass is 305 g/mol. The normalized spacial score (nSPS) is 10.3. The summed E-state index contributed by atoms with van der Waals surface area (Å²) in [4.78, 5) is 35.8. The van der Waals surface area contributed by atoms with Gasteiger partial charge in [-0.25, -0.2) is 9.18 Å². The predicted molar refractivity (Wildman–Crippen MR) is 74.8 cm³/mol. The van der Waals surface area contributed by atoms with Gasteiger partial charge in [0.1, 0.15) is 5.69 Å². The van der Waals surface area contributed by atoms with Gasteiger partial charge in [-0.1, -0.05) is 6.07 Å². The third kappa shape index (κ3) is 2.71. The van der Waals surface area contributed by atoms with Crippen molar-refractivity contribution in [1.82, 2.24) is 14.7 Å². The molecule has 0 unspecified atom stereocenters. The highest BCUT2D eigenvalue weighted by molar-refractivity contribution is 5.94. The number of aromatic nitrogens is 2. The Morgan fingerprint density at radius 3 is 2.50 bits per heavy atom. The van der Waals surface area contributed by atoms with Crippen LogP contribution in [0.2, 0.25) is 0 Å². The van der Waals surface area contributed by atoms with Crippen LogP contribution >= 0.6 is 0 Å². The Kier molecular flexibility index (Phi) is 4.02. The van der Waals surface area contributed by atoms with Crippen LogP contribution in [0.15, 0.2) is 35.1 Å². The standard InChI is InChI=1S/C14H12FN3O4/c1-17(2)13(20)8-4-3-5-10(12(8)15)18-11(19)7-6-9(16-18)14(21)22/h3-7H,1-2H3,(H,21,22). The van der Waals surface area contributed by atoms with E-state index >= 15 is 0 Å². The Morgan fingerprint density at radius 2 is 1.91 bits per heavy atom. The van der Waals surface area contributed by atoms with Gasteiger partial charge >= 0.3 is 5.97 Å². The number of rotatable bonds is 3. The summed E-state index contributed by atoms with van der Waals surface area (Å²) < 4.78 is 15.1. The molecule has 0 aliphatic heterocycles. The first kappa shape index (κ1) is 15.4. The Labute approximate surface area is 124 Å². The second-order valence-electron chi connectivity index (χ2n) is 4.61. The molecular weight excluding hydrogens is 293 g/mol. The molecule has 114 valence electrons. The smallest absolute Gasteiger partial charge is 0.356 e. The summed E-state index contributed by atoms with van der Waals surface area (Å²) in [5.41, 5.74) is -1.65. The van der Waals surface area contributed by atoms with Crippen LogP contribution in [-0.2, 0) is 0 Å². The van der Waals surface area contributed by atoms with E-state index in [0.29, 0.717) is 4.68 Å². The van der Waals surface area contributed by atoms with Crippen LogP contribution in [0.1, 0.15) is 20.8 Å². The number of halogens is 1. The summed E-state index contributed by atoms with van der Waals surface area (Å²) in [6, 6.07) is 5.88. The Bertz CT molecular complexity index is 814. The van der Waals surface area contributed by atoms with E-state index in [4.69, 9.17) is 5.11 Å². The van der Waals surface area contributed by atoms with Crippen molar-refractivity contribution in [2.24, 2.45) is 0 Å². The van der Waals surface area contributed by atoms with E-state index in [1.807, 2.05) is 0 Å².